The van der Waals surface area contributed by atoms with Gasteiger partial charge in [-0.3, -0.25) is 14.4 Å². The van der Waals surface area contributed by atoms with Crippen molar-refractivity contribution in [1.82, 2.24) is 0 Å². The van der Waals surface area contributed by atoms with Gasteiger partial charge in [0, 0.05) is 29.6 Å². The zero-order chi connectivity index (χ0) is 49.3. The number of hydrogen-bond donors (Lipinski definition) is 10. The highest BCUT2D eigenvalue weighted by molar-refractivity contribution is 5.93. The first-order chi connectivity index (χ1) is 31.1. The lowest BCUT2D eigenvalue weighted by molar-refractivity contribution is -0.361. The summed E-state index contributed by atoms with van der Waals surface area (Å²) in [5.41, 5.74) is -3.23. The van der Waals surface area contributed by atoms with Crippen LogP contribution in [-0.2, 0) is 42.8 Å². The number of rotatable bonds is 8. The Hall–Kier alpha value is -2.05. The van der Waals surface area contributed by atoms with Gasteiger partial charge in [-0.25, -0.2) is 0 Å². The third kappa shape index (κ3) is 7.84. The second-order valence-corrected chi connectivity index (χ2v) is 23.2. The van der Waals surface area contributed by atoms with Crippen LogP contribution >= 0.6 is 0 Å². The van der Waals surface area contributed by atoms with Crippen LogP contribution in [-0.4, -0.2) is 180 Å². The highest BCUT2D eigenvalue weighted by Crippen LogP contribution is 2.75. The summed E-state index contributed by atoms with van der Waals surface area (Å²) in [5.74, 6) is -1.43. The van der Waals surface area contributed by atoms with Crippen LogP contribution in [0.1, 0.15) is 107 Å². The largest absolute Gasteiger partial charge is 0.432 e. The average Bonchev–Trinajstić information content (AvgIpc) is 3.26. The fourth-order valence-corrected chi connectivity index (χ4v) is 14.5. The Morgan fingerprint density at radius 3 is 2.01 bits per heavy atom. The number of aliphatic hydroxyl groups excluding tert-OH is 10. The molecule has 380 valence electrons. The zero-order valence-electron chi connectivity index (χ0n) is 39.8. The lowest BCUT2D eigenvalue weighted by Gasteiger charge is -2.71. The number of fused-ring (bicyclic) bond motifs is 7. The Morgan fingerprint density at radius 1 is 0.716 bits per heavy atom. The Balaban J connectivity index is 1.00. The molecule has 0 bridgehead atoms. The maximum absolute atomic E-state index is 15.0. The van der Waals surface area contributed by atoms with E-state index in [1.165, 1.54) is 6.92 Å². The van der Waals surface area contributed by atoms with Crippen molar-refractivity contribution in [3.8, 4) is 0 Å². The van der Waals surface area contributed by atoms with Gasteiger partial charge in [0.2, 0.25) is 6.29 Å². The molecular weight excluding hydrogens is 881 g/mol. The summed E-state index contributed by atoms with van der Waals surface area (Å²) in [5, 5.41) is 109. The number of carbonyl (C=O) groups excluding carboxylic acids is 3. The van der Waals surface area contributed by atoms with E-state index in [4.69, 9.17) is 28.4 Å². The van der Waals surface area contributed by atoms with Crippen molar-refractivity contribution in [2.24, 2.45) is 50.2 Å². The number of ketones is 2. The van der Waals surface area contributed by atoms with E-state index in [1.54, 1.807) is 0 Å². The smallest absolute Gasteiger partial charge is 0.315 e. The highest BCUT2D eigenvalue weighted by atomic mass is 16.8. The molecule has 10 N–H and O–H groups in total. The number of hydrogen-bond acceptors (Lipinski definition) is 19. The summed E-state index contributed by atoms with van der Waals surface area (Å²) in [6.07, 6.45) is -20.6. The van der Waals surface area contributed by atoms with E-state index in [1.807, 2.05) is 33.8 Å². The molecular formula is C48H74O19. The molecule has 3 heterocycles. The van der Waals surface area contributed by atoms with Crippen LogP contribution < -0.4 is 0 Å². The minimum Gasteiger partial charge on any atom is -0.432 e. The van der Waals surface area contributed by atoms with Crippen LogP contribution in [0.25, 0.3) is 0 Å². The number of ether oxygens (including phenoxy) is 6. The minimum absolute atomic E-state index is 0.0768. The SMILES string of the molecule is C[C@@H]1O[C@@H](O[C@H]2[C@H](O)[C@@H](O)[C@H](OC[C@H]3O[C@@H](OC(=O)[C@@]45CC[C@]6(C)C(=C[C@@H](O)[C@@H]7[C@@]8(C)CCC(=O)C(C)(C)[C@H]8CC[C@]76C)[C@@H]4CC(C)(C)C(=O)C5)[C@H](O)[C@@H](O)[C@@H]3O)O[C@@H]2CO)[C@H](O)[C@H](O)[C@H]1O. The number of carbonyl (C=O) groups is 3. The molecule has 8 rings (SSSR count). The van der Waals surface area contributed by atoms with Crippen LogP contribution in [0.3, 0.4) is 0 Å². The van der Waals surface area contributed by atoms with Gasteiger partial charge >= 0.3 is 5.97 Å². The minimum atomic E-state index is -1.96. The maximum atomic E-state index is 15.0. The number of Topliss-reactive ketones (excluding diaryl/α,β-unsaturated/α-hetero) is 2. The van der Waals surface area contributed by atoms with E-state index in [9.17, 15) is 65.4 Å². The zero-order valence-corrected chi connectivity index (χ0v) is 39.8. The van der Waals surface area contributed by atoms with Crippen LogP contribution in [0.4, 0.5) is 0 Å². The van der Waals surface area contributed by atoms with Gasteiger partial charge in [-0.1, -0.05) is 60.1 Å². The summed E-state index contributed by atoms with van der Waals surface area (Å²) < 4.78 is 34.4. The van der Waals surface area contributed by atoms with Crippen molar-refractivity contribution in [1.29, 1.82) is 0 Å². The van der Waals surface area contributed by atoms with Gasteiger partial charge in [-0.2, -0.15) is 0 Å². The predicted octanol–water partition coefficient (Wildman–Crippen LogP) is -0.474. The van der Waals surface area contributed by atoms with E-state index in [0.29, 0.717) is 19.3 Å². The molecule has 4 saturated carbocycles. The third-order valence-electron chi connectivity index (χ3n) is 18.9. The monoisotopic (exact) mass is 954 g/mol. The normalized spacial score (nSPS) is 52.7. The molecule has 0 aromatic heterocycles. The van der Waals surface area contributed by atoms with Gasteiger partial charge in [0.25, 0.3) is 0 Å². The summed E-state index contributed by atoms with van der Waals surface area (Å²) in [7, 11) is 0. The van der Waals surface area contributed by atoms with Crippen LogP contribution in [0.2, 0.25) is 0 Å². The number of esters is 1. The van der Waals surface area contributed by atoms with Gasteiger partial charge in [0.05, 0.1) is 30.8 Å². The Morgan fingerprint density at radius 2 is 1.34 bits per heavy atom. The third-order valence-corrected chi connectivity index (χ3v) is 18.9. The first kappa shape index (κ1) is 51.3. The molecule has 8 aliphatic rings. The fraction of sp³-hybridized carbons (Fsp3) is 0.896. The molecule has 3 aliphatic heterocycles. The Bertz CT molecular complexity index is 1940. The standard InChI is InChI=1S/C48H74O19/c1-20-29(53)31(55)34(58)40(63-20)66-37-24(18-49)64-39(36(60)33(37)57)62-19-25-30(54)32(56)35(59)41(65-25)67-42(61)48-14-13-46(7)21(22(48)16-43(2,3)28(52)17-48)15-23(50)38-45(6)11-10-27(51)44(4,5)26(45)9-12-47(38,46)8/h15,20,22-26,29-41,49-50,53-60H,9-14,16-19H2,1-8H3/t20-,22-,23+,24+,25+,26+,29-,30+,31+,32-,33+,34+,35+,36+,37+,38+,39+,40-,41-,45-,46+,47+,48+/m0/s1. The van der Waals surface area contributed by atoms with E-state index in [2.05, 4.69) is 20.8 Å². The molecule has 19 heteroatoms. The second kappa shape index (κ2) is 17.6. The summed E-state index contributed by atoms with van der Waals surface area (Å²) in [6.45, 7) is 14.4. The van der Waals surface area contributed by atoms with Crippen LogP contribution in [0.15, 0.2) is 11.6 Å². The van der Waals surface area contributed by atoms with E-state index >= 15 is 0 Å². The molecule has 0 radical (unpaired) electrons. The average molecular weight is 955 g/mol. The first-order valence-corrected chi connectivity index (χ1v) is 24.1. The predicted molar refractivity (Wildman–Crippen MR) is 230 cm³/mol. The van der Waals surface area contributed by atoms with E-state index in [-0.39, 0.29) is 48.1 Å². The molecule has 67 heavy (non-hydrogen) atoms. The Kier molecular flexibility index (Phi) is 13.5. The summed E-state index contributed by atoms with van der Waals surface area (Å²) >= 11 is 0. The van der Waals surface area contributed by atoms with Crippen molar-refractivity contribution in [3.05, 3.63) is 11.6 Å². The molecule has 3 saturated heterocycles. The molecule has 0 aromatic rings. The van der Waals surface area contributed by atoms with Crippen molar-refractivity contribution in [3.63, 3.8) is 0 Å². The van der Waals surface area contributed by atoms with E-state index < -0.39 is 150 Å². The number of aliphatic hydroxyl groups is 10. The van der Waals surface area contributed by atoms with Crippen molar-refractivity contribution < 1.29 is 93.9 Å². The lowest BCUT2D eigenvalue weighted by Crippen LogP contribution is -2.68. The molecule has 7 fully saturated rings. The summed E-state index contributed by atoms with van der Waals surface area (Å²) in [4.78, 5) is 42.2. The van der Waals surface area contributed by atoms with Gasteiger partial charge < -0.3 is 79.5 Å². The van der Waals surface area contributed by atoms with Crippen molar-refractivity contribution in [2.75, 3.05) is 13.2 Å². The van der Waals surface area contributed by atoms with Crippen LogP contribution in [0, 0.1) is 50.2 Å². The van der Waals surface area contributed by atoms with E-state index in [0.717, 1.165) is 18.4 Å². The summed E-state index contributed by atoms with van der Waals surface area (Å²) in [6, 6.07) is 0. The highest BCUT2D eigenvalue weighted by Gasteiger charge is 2.72. The van der Waals surface area contributed by atoms with Gasteiger partial charge in [-0.05, 0) is 73.5 Å². The quantitative estimate of drug-likeness (QED) is 0.109. The number of allylic oxidation sites excluding steroid dienone is 1. The first-order valence-electron chi connectivity index (χ1n) is 24.1. The topological polar surface area (TPSA) is 309 Å². The maximum Gasteiger partial charge on any atom is 0.315 e. The molecule has 0 amide bonds. The molecule has 19 nitrogen and oxygen atoms in total. The molecule has 0 unspecified atom stereocenters. The van der Waals surface area contributed by atoms with Gasteiger partial charge in [0.1, 0.15) is 78.7 Å². The molecule has 0 aromatic carbocycles. The van der Waals surface area contributed by atoms with Crippen molar-refractivity contribution in [2.45, 2.75) is 205 Å². The molecule has 5 aliphatic carbocycles. The van der Waals surface area contributed by atoms with Crippen molar-refractivity contribution >= 4 is 17.5 Å². The Labute approximate surface area is 390 Å². The molecule has 0 spiro atoms. The van der Waals surface area contributed by atoms with Gasteiger partial charge in [-0.15, -0.1) is 0 Å². The van der Waals surface area contributed by atoms with Gasteiger partial charge in [0.15, 0.2) is 12.6 Å². The van der Waals surface area contributed by atoms with Crippen LogP contribution in [0.5, 0.6) is 0 Å². The molecule has 23 atom stereocenters. The fourth-order valence-electron chi connectivity index (χ4n) is 14.5. The second-order valence-electron chi connectivity index (χ2n) is 23.2. The lowest BCUT2D eigenvalue weighted by atomic mass is 9.33.